The summed E-state index contributed by atoms with van der Waals surface area (Å²) in [7, 11) is 0. The maximum Gasteiger partial charge on any atom is 0.141 e. The molecule has 0 aliphatic heterocycles. The summed E-state index contributed by atoms with van der Waals surface area (Å²) >= 11 is 5.77. The molecule has 0 aliphatic carbocycles. The number of aryl methyl sites for hydroxylation is 1. The second kappa shape index (κ2) is 5.51. The first-order valence-electron chi connectivity index (χ1n) is 5.91. The molecule has 94 valence electrons. The molecule has 1 atom stereocenters. The highest BCUT2D eigenvalue weighted by molar-refractivity contribution is 6.30. The third-order valence-electron chi connectivity index (χ3n) is 3.02. The number of nitrogens with two attached hydrogens (primary N) is 1. The minimum absolute atomic E-state index is 0.106. The quantitative estimate of drug-likeness (QED) is 0.887. The lowest BCUT2D eigenvalue weighted by atomic mass is 9.97. The highest BCUT2D eigenvalue weighted by Crippen LogP contribution is 2.24. The third-order valence-corrected chi connectivity index (χ3v) is 3.31. The molecule has 0 radical (unpaired) electrons. The van der Waals surface area contributed by atoms with E-state index in [9.17, 15) is 4.39 Å². The van der Waals surface area contributed by atoms with Crippen molar-refractivity contribution in [2.45, 2.75) is 19.4 Å². The topological polar surface area (TPSA) is 26.0 Å². The maximum absolute atomic E-state index is 13.1. The molecule has 1 unspecified atom stereocenters. The minimum atomic E-state index is -0.421. The number of hydrogen-bond donors (Lipinski definition) is 1. The molecule has 2 aromatic rings. The average molecular weight is 264 g/mol. The van der Waals surface area contributed by atoms with Gasteiger partial charge in [-0.05, 0) is 35.2 Å². The van der Waals surface area contributed by atoms with E-state index in [1.165, 1.54) is 11.6 Å². The third kappa shape index (κ3) is 2.71. The van der Waals surface area contributed by atoms with Crippen molar-refractivity contribution in [3.8, 4) is 0 Å². The average Bonchev–Trinajstić information content (AvgIpc) is 2.41. The summed E-state index contributed by atoms with van der Waals surface area (Å²) in [6, 6.07) is 12.4. The predicted octanol–water partition coefficient (Wildman–Crippen LogP) is 4.09. The van der Waals surface area contributed by atoms with Crippen molar-refractivity contribution in [1.82, 2.24) is 0 Å². The summed E-state index contributed by atoms with van der Waals surface area (Å²) in [4.78, 5) is 0. The summed E-state index contributed by atoms with van der Waals surface area (Å²) < 4.78 is 13.1. The van der Waals surface area contributed by atoms with Crippen molar-refractivity contribution in [3.63, 3.8) is 0 Å². The Morgan fingerprint density at radius 3 is 2.56 bits per heavy atom. The van der Waals surface area contributed by atoms with Crippen LogP contribution in [-0.2, 0) is 6.42 Å². The van der Waals surface area contributed by atoms with Gasteiger partial charge in [-0.3, -0.25) is 0 Å². The fraction of sp³-hybridized carbons (Fsp3) is 0.200. The van der Waals surface area contributed by atoms with Crippen molar-refractivity contribution in [3.05, 3.63) is 70.0 Å². The van der Waals surface area contributed by atoms with Crippen LogP contribution in [0.2, 0.25) is 5.02 Å². The van der Waals surface area contributed by atoms with Crippen LogP contribution in [0, 0.1) is 5.82 Å². The molecule has 1 nitrogen and oxygen atoms in total. The summed E-state index contributed by atoms with van der Waals surface area (Å²) in [6.07, 6.45) is 0.963. The first-order chi connectivity index (χ1) is 8.61. The van der Waals surface area contributed by atoms with Gasteiger partial charge in [0.25, 0.3) is 0 Å². The molecule has 2 aromatic carbocycles. The Kier molecular flexibility index (Phi) is 4.00. The Bertz CT molecular complexity index is 554. The Morgan fingerprint density at radius 1 is 1.17 bits per heavy atom. The van der Waals surface area contributed by atoms with Crippen LogP contribution in [0.15, 0.2) is 42.5 Å². The molecule has 0 fully saturated rings. The van der Waals surface area contributed by atoms with E-state index in [-0.39, 0.29) is 11.1 Å². The van der Waals surface area contributed by atoms with E-state index >= 15 is 0 Å². The summed E-state index contributed by atoms with van der Waals surface area (Å²) in [5.74, 6) is -0.421. The second-order valence-electron chi connectivity index (χ2n) is 4.25. The highest BCUT2D eigenvalue weighted by atomic mass is 35.5. The lowest BCUT2D eigenvalue weighted by Crippen LogP contribution is -2.12. The van der Waals surface area contributed by atoms with Crippen molar-refractivity contribution in [1.29, 1.82) is 0 Å². The summed E-state index contributed by atoms with van der Waals surface area (Å²) in [6.45, 7) is 2.10. The van der Waals surface area contributed by atoms with Gasteiger partial charge in [-0.25, -0.2) is 4.39 Å². The zero-order valence-corrected chi connectivity index (χ0v) is 10.9. The van der Waals surface area contributed by atoms with Crippen molar-refractivity contribution < 1.29 is 4.39 Å². The molecule has 0 aliphatic rings. The monoisotopic (exact) mass is 263 g/mol. The number of rotatable bonds is 3. The Morgan fingerprint density at radius 2 is 1.89 bits per heavy atom. The van der Waals surface area contributed by atoms with Gasteiger partial charge in [-0.2, -0.15) is 0 Å². The van der Waals surface area contributed by atoms with Gasteiger partial charge in [0.2, 0.25) is 0 Å². The van der Waals surface area contributed by atoms with Crippen LogP contribution >= 0.6 is 11.6 Å². The molecule has 18 heavy (non-hydrogen) atoms. The van der Waals surface area contributed by atoms with E-state index in [2.05, 4.69) is 19.1 Å². The lowest BCUT2D eigenvalue weighted by molar-refractivity contribution is 0.627. The van der Waals surface area contributed by atoms with Crippen molar-refractivity contribution in [2.24, 2.45) is 5.73 Å². The molecular weight excluding hydrogens is 249 g/mol. The SMILES string of the molecule is CCc1cccc(C(N)c2ccc(F)c(Cl)c2)c1. The smallest absolute Gasteiger partial charge is 0.141 e. The molecule has 0 bridgehead atoms. The summed E-state index contributed by atoms with van der Waals surface area (Å²) in [5, 5.41) is 0.106. The molecule has 0 heterocycles. The van der Waals surface area contributed by atoms with E-state index < -0.39 is 5.82 Å². The standard InChI is InChI=1S/C15H15ClFN/c1-2-10-4-3-5-11(8-10)15(18)12-6-7-14(17)13(16)9-12/h3-9,15H,2,18H2,1H3. The van der Waals surface area contributed by atoms with E-state index in [4.69, 9.17) is 17.3 Å². The minimum Gasteiger partial charge on any atom is -0.320 e. The van der Waals surface area contributed by atoms with Crippen LogP contribution in [0.25, 0.3) is 0 Å². The van der Waals surface area contributed by atoms with Crippen LogP contribution in [0.1, 0.15) is 29.7 Å². The van der Waals surface area contributed by atoms with Gasteiger partial charge in [0.05, 0.1) is 11.1 Å². The highest BCUT2D eigenvalue weighted by Gasteiger charge is 2.11. The van der Waals surface area contributed by atoms with E-state index in [1.54, 1.807) is 12.1 Å². The van der Waals surface area contributed by atoms with Crippen LogP contribution in [0.5, 0.6) is 0 Å². The molecular formula is C15H15ClFN. The number of hydrogen-bond acceptors (Lipinski definition) is 1. The van der Waals surface area contributed by atoms with Crippen LogP contribution < -0.4 is 5.73 Å². The van der Waals surface area contributed by atoms with Crippen LogP contribution in [-0.4, -0.2) is 0 Å². The van der Waals surface area contributed by atoms with Gasteiger partial charge < -0.3 is 5.73 Å². The lowest BCUT2D eigenvalue weighted by Gasteiger charge is -2.14. The molecule has 0 saturated carbocycles. The molecule has 0 amide bonds. The summed E-state index contributed by atoms with van der Waals surface area (Å²) in [5.41, 5.74) is 9.24. The fourth-order valence-electron chi connectivity index (χ4n) is 1.90. The maximum atomic E-state index is 13.1. The predicted molar refractivity (Wildman–Crippen MR) is 73.3 cm³/mol. The molecule has 3 heteroatoms. The zero-order chi connectivity index (χ0) is 13.1. The molecule has 0 aromatic heterocycles. The van der Waals surface area contributed by atoms with Crippen LogP contribution in [0.4, 0.5) is 4.39 Å². The van der Waals surface area contributed by atoms with Crippen molar-refractivity contribution >= 4 is 11.6 Å². The molecule has 2 N–H and O–H groups in total. The largest absolute Gasteiger partial charge is 0.320 e. The van der Waals surface area contributed by atoms with Crippen LogP contribution in [0.3, 0.4) is 0 Å². The second-order valence-corrected chi connectivity index (χ2v) is 4.66. The Labute approximate surface area is 111 Å². The first kappa shape index (κ1) is 13.1. The first-order valence-corrected chi connectivity index (χ1v) is 6.29. The van der Waals surface area contributed by atoms with Gasteiger partial charge in [-0.15, -0.1) is 0 Å². The van der Waals surface area contributed by atoms with Gasteiger partial charge in [-0.1, -0.05) is 48.9 Å². The molecule has 0 saturated heterocycles. The van der Waals surface area contributed by atoms with E-state index in [1.807, 2.05) is 12.1 Å². The van der Waals surface area contributed by atoms with Gasteiger partial charge in [0.15, 0.2) is 0 Å². The fourth-order valence-corrected chi connectivity index (χ4v) is 2.09. The molecule has 2 rings (SSSR count). The zero-order valence-electron chi connectivity index (χ0n) is 10.2. The van der Waals surface area contributed by atoms with E-state index in [0.29, 0.717) is 0 Å². The van der Waals surface area contributed by atoms with Gasteiger partial charge in [0, 0.05) is 0 Å². The van der Waals surface area contributed by atoms with E-state index in [0.717, 1.165) is 17.5 Å². The molecule has 0 spiro atoms. The number of benzene rings is 2. The van der Waals surface area contributed by atoms with Gasteiger partial charge >= 0.3 is 0 Å². The Hall–Kier alpha value is -1.38. The van der Waals surface area contributed by atoms with Crippen molar-refractivity contribution in [2.75, 3.05) is 0 Å². The Balaban J connectivity index is 2.34. The normalized spacial score (nSPS) is 12.4. The van der Waals surface area contributed by atoms with Gasteiger partial charge in [0.1, 0.15) is 5.82 Å². The number of halogens is 2.